The fourth-order valence-electron chi connectivity index (χ4n) is 3.68. The standard InChI is InChI=1S/C18H24N8O5/c1-17(2,3)31-16(27)24-13-10-14(21-7-20-13)26(8-22-10)15-12-11(29-18(4,5)30-12)9(28-15)6-23-25-19/h7-9,11-12,15H,6H2,1-5H3,(H,20,21,24,27)/t9-,11?,12+,15-/m1/s1. The zero-order valence-corrected chi connectivity index (χ0v) is 17.8. The predicted molar refractivity (Wildman–Crippen MR) is 107 cm³/mol. The number of ether oxygens (including phenoxy) is 4. The van der Waals surface area contributed by atoms with Gasteiger partial charge >= 0.3 is 6.09 Å². The van der Waals surface area contributed by atoms with Gasteiger partial charge in [0.15, 0.2) is 29.0 Å². The Kier molecular flexibility index (Phi) is 5.21. The summed E-state index contributed by atoms with van der Waals surface area (Å²) < 4.78 is 25.1. The van der Waals surface area contributed by atoms with Gasteiger partial charge in [0.25, 0.3) is 0 Å². The molecule has 0 aliphatic carbocycles. The number of fused-ring (bicyclic) bond motifs is 2. The second kappa shape index (κ2) is 7.61. The lowest BCUT2D eigenvalue weighted by molar-refractivity contribution is -0.195. The maximum absolute atomic E-state index is 12.2. The van der Waals surface area contributed by atoms with Crippen molar-refractivity contribution in [1.29, 1.82) is 0 Å². The van der Waals surface area contributed by atoms with Crippen molar-refractivity contribution in [3.8, 4) is 0 Å². The van der Waals surface area contributed by atoms with Crippen LogP contribution >= 0.6 is 0 Å². The van der Waals surface area contributed by atoms with Crippen molar-refractivity contribution in [3.63, 3.8) is 0 Å². The first-order valence-corrected chi connectivity index (χ1v) is 9.77. The van der Waals surface area contributed by atoms with Crippen molar-refractivity contribution in [1.82, 2.24) is 19.5 Å². The van der Waals surface area contributed by atoms with Crippen LogP contribution in [0, 0.1) is 0 Å². The van der Waals surface area contributed by atoms with Crippen molar-refractivity contribution >= 4 is 23.1 Å². The van der Waals surface area contributed by atoms with Crippen LogP contribution in [0.25, 0.3) is 21.6 Å². The molecule has 2 fully saturated rings. The number of carbonyl (C=O) groups excluding carboxylic acids is 1. The van der Waals surface area contributed by atoms with E-state index in [0.29, 0.717) is 11.2 Å². The van der Waals surface area contributed by atoms with Crippen molar-refractivity contribution in [3.05, 3.63) is 23.1 Å². The molecule has 0 aromatic carbocycles. The van der Waals surface area contributed by atoms with Crippen molar-refractivity contribution in [2.45, 2.75) is 70.5 Å². The van der Waals surface area contributed by atoms with E-state index >= 15 is 0 Å². The minimum Gasteiger partial charge on any atom is -0.444 e. The summed E-state index contributed by atoms with van der Waals surface area (Å²) in [6.45, 7) is 9.02. The number of rotatable bonds is 4. The fraction of sp³-hybridized carbons (Fsp3) is 0.667. The first-order chi connectivity index (χ1) is 14.6. The maximum Gasteiger partial charge on any atom is 0.413 e. The molecular weight excluding hydrogens is 408 g/mol. The van der Waals surface area contributed by atoms with Crippen LogP contribution in [0.2, 0.25) is 0 Å². The van der Waals surface area contributed by atoms with Crippen LogP contribution in [0.15, 0.2) is 17.8 Å². The van der Waals surface area contributed by atoms with E-state index in [4.69, 9.17) is 24.5 Å². The van der Waals surface area contributed by atoms with E-state index in [1.165, 1.54) is 12.7 Å². The van der Waals surface area contributed by atoms with Gasteiger partial charge in [0.05, 0.1) is 19.0 Å². The average molecular weight is 432 g/mol. The van der Waals surface area contributed by atoms with Crippen molar-refractivity contribution in [2.24, 2.45) is 5.11 Å². The van der Waals surface area contributed by atoms with Gasteiger partial charge in [0, 0.05) is 4.91 Å². The lowest BCUT2D eigenvalue weighted by Gasteiger charge is -2.24. The molecule has 4 heterocycles. The molecule has 13 nitrogen and oxygen atoms in total. The number of carbonyl (C=O) groups is 1. The Morgan fingerprint density at radius 1 is 1.32 bits per heavy atom. The molecule has 2 aromatic rings. The molecule has 1 unspecified atom stereocenters. The van der Waals surface area contributed by atoms with Crippen LogP contribution in [0.5, 0.6) is 0 Å². The van der Waals surface area contributed by atoms with Crippen molar-refractivity contribution < 1.29 is 23.7 Å². The molecule has 166 valence electrons. The third-order valence-corrected chi connectivity index (χ3v) is 4.70. The summed E-state index contributed by atoms with van der Waals surface area (Å²) in [4.78, 5) is 27.8. The number of anilines is 1. The Bertz CT molecular complexity index is 1040. The molecule has 13 heteroatoms. The van der Waals surface area contributed by atoms with E-state index in [0.717, 1.165) is 0 Å². The normalized spacial score (nSPS) is 27.0. The summed E-state index contributed by atoms with van der Waals surface area (Å²) in [5.74, 6) is -0.608. The number of nitrogens with one attached hydrogen (secondary N) is 1. The molecule has 31 heavy (non-hydrogen) atoms. The van der Waals surface area contributed by atoms with Crippen LogP contribution in [0.3, 0.4) is 0 Å². The first kappa shape index (κ1) is 21.2. The number of hydrogen-bond donors (Lipinski definition) is 1. The van der Waals surface area contributed by atoms with Gasteiger partial charge in [-0.3, -0.25) is 9.88 Å². The van der Waals surface area contributed by atoms with E-state index in [1.54, 1.807) is 25.3 Å². The Morgan fingerprint density at radius 3 is 2.77 bits per heavy atom. The van der Waals surface area contributed by atoms with Gasteiger partial charge in [-0.25, -0.2) is 19.7 Å². The molecule has 2 saturated heterocycles. The lowest BCUT2D eigenvalue weighted by atomic mass is 10.1. The van der Waals surface area contributed by atoms with Gasteiger partial charge < -0.3 is 18.9 Å². The van der Waals surface area contributed by atoms with Crippen LogP contribution < -0.4 is 5.32 Å². The molecule has 4 rings (SSSR count). The molecule has 4 atom stereocenters. The highest BCUT2D eigenvalue weighted by Gasteiger charge is 2.55. The predicted octanol–water partition coefficient (Wildman–Crippen LogP) is 2.90. The molecule has 0 spiro atoms. The Labute approximate surface area is 177 Å². The number of hydrogen-bond acceptors (Lipinski definition) is 9. The Morgan fingerprint density at radius 2 is 2.06 bits per heavy atom. The van der Waals surface area contributed by atoms with Gasteiger partial charge in [-0.2, -0.15) is 0 Å². The van der Waals surface area contributed by atoms with Crippen LogP contribution in [-0.2, 0) is 18.9 Å². The number of amides is 1. The molecule has 1 N–H and O–H groups in total. The summed E-state index contributed by atoms with van der Waals surface area (Å²) in [6, 6.07) is 0. The largest absolute Gasteiger partial charge is 0.444 e. The van der Waals surface area contributed by atoms with Gasteiger partial charge in [-0.05, 0) is 40.1 Å². The van der Waals surface area contributed by atoms with Gasteiger partial charge in [0.1, 0.15) is 24.1 Å². The highest BCUT2D eigenvalue weighted by Crippen LogP contribution is 2.44. The molecule has 0 saturated carbocycles. The smallest absolute Gasteiger partial charge is 0.413 e. The zero-order chi connectivity index (χ0) is 22.4. The van der Waals surface area contributed by atoms with E-state index < -0.39 is 42.0 Å². The number of imidazole rings is 1. The number of azide groups is 1. The second-order valence-corrected chi connectivity index (χ2v) is 8.72. The summed E-state index contributed by atoms with van der Waals surface area (Å²) >= 11 is 0. The molecule has 0 radical (unpaired) electrons. The number of nitrogens with zero attached hydrogens (tertiary/aromatic N) is 7. The van der Waals surface area contributed by atoms with E-state index in [-0.39, 0.29) is 12.4 Å². The third-order valence-electron chi connectivity index (χ3n) is 4.70. The van der Waals surface area contributed by atoms with Gasteiger partial charge in [0.2, 0.25) is 0 Å². The molecule has 2 aliphatic heterocycles. The van der Waals surface area contributed by atoms with Crippen molar-refractivity contribution in [2.75, 3.05) is 11.9 Å². The van der Waals surface area contributed by atoms with E-state index in [1.807, 2.05) is 13.8 Å². The molecule has 1 amide bonds. The van der Waals surface area contributed by atoms with Crippen LogP contribution in [-0.4, -0.2) is 61.9 Å². The Hall–Kier alpha value is -2.99. The SMILES string of the molecule is CC(C)(C)OC(=O)Nc1ncnc2c1ncn2[C@@H]1O[C@H](CN=[N+]=[N-])C2OC(C)(C)O[C@@H]21. The van der Waals surface area contributed by atoms with E-state index in [9.17, 15) is 4.79 Å². The monoisotopic (exact) mass is 432 g/mol. The maximum atomic E-state index is 12.2. The van der Waals surface area contributed by atoms with Crippen LogP contribution in [0.1, 0.15) is 40.8 Å². The average Bonchev–Trinajstić information content (AvgIpc) is 3.30. The minimum absolute atomic E-state index is 0.0979. The Balaban J connectivity index is 1.64. The summed E-state index contributed by atoms with van der Waals surface area (Å²) in [5.41, 5.74) is 8.83. The lowest BCUT2D eigenvalue weighted by Crippen LogP contribution is -2.31. The molecule has 2 aromatic heterocycles. The fourth-order valence-corrected chi connectivity index (χ4v) is 3.68. The quantitative estimate of drug-likeness (QED) is 0.438. The summed E-state index contributed by atoms with van der Waals surface area (Å²) in [7, 11) is 0. The second-order valence-electron chi connectivity index (χ2n) is 8.72. The molecule has 2 aliphatic rings. The van der Waals surface area contributed by atoms with Crippen LogP contribution in [0.4, 0.5) is 10.6 Å². The zero-order valence-electron chi connectivity index (χ0n) is 17.8. The van der Waals surface area contributed by atoms with E-state index in [2.05, 4.69) is 30.3 Å². The highest BCUT2D eigenvalue weighted by atomic mass is 16.8. The van der Waals surface area contributed by atoms with Gasteiger partial charge in [-0.15, -0.1) is 0 Å². The summed E-state index contributed by atoms with van der Waals surface area (Å²) in [5, 5.41) is 6.23. The van der Waals surface area contributed by atoms with Gasteiger partial charge in [-0.1, -0.05) is 5.11 Å². The highest BCUT2D eigenvalue weighted by molar-refractivity contribution is 5.93. The third kappa shape index (κ3) is 4.26. The molecule has 0 bridgehead atoms. The molecular formula is C18H24N8O5. The topological polar surface area (TPSA) is 158 Å². The first-order valence-electron chi connectivity index (χ1n) is 9.77. The number of aromatic nitrogens is 4. The summed E-state index contributed by atoms with van der Waals surface area (Å²) in [6.07, 6.45) is 0.181. The minimum atomic E-state index is -0.819.